The molecule has 1 aromatic heterocycles. The number of furan rings is 1. The van der Waals surface area contributed by atoms with E-state index in [-0.39, 0.29) is 5.78 Å². The second kappa shape index (κ2) is 7.93. The fraction of sp³-hybridized carbons (Fsp3) is 0.438. The van der Waals surface area contributed by atoms with Crippen LogP contribution in [0.3, 0.4) is 0 Å². The van der Waals surface area contributed by atoms with Crippen molar-refractivity contribution in [3.05, 3.63) is 36.1 Å². The van der Waals surface area contributed by atoms with E-state index in [9.17, 15) is 4.79 Å². The Morgan fingerprint density at radius 2 is 1.81 bits per heavy atom. The molecule has 0 radical (unpaired) electrons. The molecule has 0 amide bonds. The Bertz CT molecular complexity index is 537. The van der Waals surface area contributed by atoms with E-state index in [4.69, 9.17) is 13.9 Å². The number of methoxy groups -OCH3 is 2. The molecular formula is C16H21NO4. The van der Waals surface area contributed by atoms with Crippen molar-refractivity contribution < 1.29 is 18.7 Å². The number of fused-ring (bicyclic) bond motifs is 1. The molecule has 0 saturated carbocycles. The van der Waals surface area contributed by atoms with Crippen LogP contribution in [0.15, 0.2) is 34.7 Å². The molecule has 5 nitrogen and oxygen atoms in total. The van der Waals surface area contributed by atoms with Gasteiger partial charge in [-0.1, -0.05) is 18.2 Å². The molecule has 1 aromatic carbocycles. The first kappa shape index (κ1) is 15.7. The summed E-state index contributed by atoms with van der Waals surface area (Å²) in [6.45, 7) is 2.83. The van der Waals surface area contributed by atoms with Gasteiger partial charge in [-0.05, 0) is 12.1 Å². The lowest BCUT2D eigenvalue weighted by Crippen LogP contribution is -2.35. The number of rotatable bonds is 9. The third-order valence-electron chi connectivity index (χ3n) is 3.29. The van der Waals surface area contributed by atoms with Gasteiger partial charge in [-0.25, -0.2) is 0 Å². The molecule has 5 heteroatoms. The zero-order chi connectivity index (χ0) is 15.1. The number of hydrogen-bond acceptors (Lipinski definition) is 5. The number of Topliss-reactive ketones (excluding diaryl/α,β-unsaturated/α-hetero) is 1. The van der Waals surface area contributed by atoms with Crippen LogP contribution in [0, 0.1) is 0 Å². The smallest absolute Gasteiger partial charge is 0.211 e. The van der Waals surface area contributed by atoms with E-state index in [1.165, 1.54) is 0 Å². The number of hydrogen-bond donors (Lipinski definition) is 0. The molecule has 2 aromatic rings. The first-order valence-corrected chi connectivity index (χ1v) is 6.96. The summed E-state index contributed by atoms with van der Waals surface area (Å²) >= 11 is 0. The number of benzene rings is 1. The summed E-state index contributed by atoms with van der Waals surface area (Å²) in [5, 5.41) is 0.946. The van der Waals surface area contributed by atoms with Crippen molar-refractivity contribution in [1.82, 2.24) is 4.90 Å². The van der Waals surface area contributed by atoms with Crippen LogP contribution < -0.4 is 0 Å². The third kappa shape index (κ3) is 4.39. The highest BCUT2D eigenvalue weighted by Crippen LogP contribution is 2.19. The van der Waals surface area contributed by atoms with Crippen molar-refractivity contribution in [2.45, 2.75) is 0 Å². The molecular weight excluding hydrogens is 270 g/mol. The number of nitrogens with zero attached hydrogens (tertiary/aromatic N) is 1. The summed E-state index contributed by atoms with van der Waals surface area (Å²) in [6, 6.07) is 9.41. The van der Waals surface area contributed by atoms with Crippen molar-refractivity contribution in [3.63, 3.8) is 0 Å². The van der Waals surface area contributed by atoms with E-state index >= 15 is 0 Å². The predicted molar refractivity (Wildman–Crippen MR) is 80.7 cm³/mol. The average molecular weight is 291 g/mol. The van der Waals surface area contributed by atoms with Crippen LogP contribution in [-0.4, -0.2) is 57.8 Å². The number of ketones is 1. The van der Waals surface area contributed by atoms with Crippen molar-refractivity contribution in [2.75, 3.05) is 47.1 Å². The number of carbonyl (C=O) groups excluding carboxylic acids is 1. The molecule has 0 aliphatic carbocycles. The summed E-state index contributed by atoms with van der Waals surface area (Å²) < 4.78 is 15.7. The molecule has 1 heterocycles. The Morgan fingerprint density at radius 3 is 2.43 bits per heavy atom. The Morgan fingerprint density at radius 1 is 1.14 bits per heavy atom. The topological polar surface area (TPSA) is 51.9 Å². The van der Waals surface area contributed by atoms with Crippen LogP contribution in [-0.2, 0) is 9.47 Å². The number of ether oxygens (including phenoxy) is 2. The second-order valence-corrected chi connectivity index (χ2v) is 4.83. The Kier molecular flexibility index (Phi) is 5.92. The summed E-state index contributed by atoms with van der Waals surface area (Å²) in [6.07, 6.45) is 0. The first-order chi connectivity index (χ1) is 10.2. The van der Waals surface area contributed by atoms with Gasteiger partial charge in [-0.2, -0.15) is 0 Å². The third-order valence-corrected chi connectivity index (χ3v) is 3.29. The Labute approximate surface area is 124 Å². The lowest BCUT2D eigenvalue weighted by molar-refractivity contribution is 0.0815. The largest absolute Gasteiger partial charge is 0.453 e. The van der Waals surface area contributed by atoms with Gasteiger partial charge in [0.05, 0.1) is 19.8 Å². The van der Waals surface area contributed by atoms with Gasteiger partial charge < -0.3 is 13.9 Å². The molecule has 0 spiro atoms. The van der Waals surface area contributed by atoms with Gasteiger partial charge in [0, 0.05) is 32.7 Å². The fourth-order valence-corrected chi connectivity index (χ4v) is 2.11. The van der Waals surface area contributed by atoms with Gasteiger partial charge >= 0.3 is 0 Å². The van der Waals surface area contributed by atoms with E-state index in [2.05, 4.69) is 0 Å². The highest BCUT2D eigenvalue weighted by Gasteiger charge is 2.16. The normalized spacial score (nSPS) is 11.4. The van der Waals surface area contributed by atoms with Crippen LogP contribution in [0.4, 0.5) is 0 Å². The molecule has 0 aliphatic rings. The Balaban J connectivity index is 2.02. The molecule has 0 atom stereocenters. The van der Waals surface area contributed by atoms with Gasteiger partial charge in [0.25, 0.3) is 0 Å². The van der Waals surface area contributed by atoms with Gasteiger partial charge in [0.2, 0.25) is 5.78 Å². The van der Waals surface area contributed by atoms with Crippen LogP contribution in [0.2, 0.25) is 0 Å². The zero-order valence-electron chi connectivity index (χ0n) is 12.5. The lowest BCUT2D eigenvalue weighted by atomic mass is 10.2. The maximum absolute atomic E-state index is 12.3. The van der Waals surface area contributed by atoms with Gasteiger partial charge in [-0.15, -0.1) is 0 Å². The van der Waals surface area contributed by atoms with Crippen molar-refractivity contribution >= 4 is 16.8 Å². The van der Waals surface area contributed by atoms with Crippen molar-refractivity contribution in [3.8, 4) is 0 Å². The van der Waals surface area contributed by atoms with Crippen molar-refractivity contribution in [2.24, 2.45) is 0 Å². The summed E-state index contributed by atoms with van der Waals surface area (Å²) in [5.41, 5.74) is 0.737. The van der Waals surface area contributed by atoms with E-state index < -0.39 is 0 Å². The van der Waals surface area contributed by atoms with Gasteiger partial charge in [0.15, 0.2) is 5.76 Å². The second-order valence-electron chi connectivity index (χ2n) is 4.83. The molecule has 114 valence electrons. The average Bonchev–Trinajstić information content (AvgIpc) is 2.94. The van der Waals surface area contributed by atoms with E-state index in [0.717, 1.165) is 11.0 Å². The highest BCUT2D eigenvalue weighted by molar-refractivity contribution is 5.98. The monoisotopic (exact) mass is 291 g/mol. The SMILES string of the molecule is COCCN(CCOC)CC(=O)c1cc2ccccc2o1. The zero-order valence-corrected chi connectivity index (χ0v) is 12.5. The molecule has 0 unspecified atom stereocenters. The van der Waals surface area contributed by atoms with Crippen LogP contribution in [0.25, 0.3) is 11.0 Å². The van der Waals surface area contributed by atoms with Gasteiger partial charge in [-0.3, -0.25) is 9.69 Å². The first-order valence-electron chi connectivity index (χ1n) is 6.96. The lowest BCUT2D eigenvalue weighted by Gasteiger charge is -2.20. The Hall–Kier alpha value is -1.69. The quantitative estimate of drug-likeness (QED) is 0.663. The highest BCUT2D eigenvalue weighted by atomic mass is 16.5. The summed E-state index contributed by atoms with van der Waals surface area (Å²) in [5.74, 6) is 0.370. The van der Waals surface area contributed by atoms with Gasteiger partial charge in [0.1, 0.15) is 5.58 Å². The minimum Gasteiger partial charge on any atom is -0.453 e. The predicted octanol–water partition coefficient (Wildman–Crippen LogP) is 2.21. The van der Waals surface area contributed by atoms with E-state index in [1.807, 2.05) is 29.2 Å². The van der Waals surface area contributed by atoms with Crippen LogP contribution in [0.5, 0.6) is 0 Å². The summed E-state index contributed by atoms with van der Waals surface area (Å²) in [4.78, 5) is 14.3. The standard InChI is InChI=1S/C16H21NO4/c1-19-9-7-17(8-10-20-2)12-14(18)16-11-13-5-3-4-6-15(13)21-16/h3-6,11H,7-10,12H2,1-2H3. The van der Waals surface area contributed by atoms with Crippen LogP contribution in [0.1, 0.15) is 10.6 Å². The maximum Gasteiger partial charge on any atom is 0.211 e. The molecule has 0 N–H and O–H groups in total. The molecule has 0 fully saturated rings. The molecule has 21 heavy (non-hydrogen) atoms. The number of para-hydroxylation sites is 1. The fourth-order valence-electron chi connectivity index (χ4n) is 2.11. The number of carbonyl (C=O) groups is 1. The van der Waals surface area contributed by atoms with Crippen molar-refractivity contribution in [1.29, 1.82) is 0 Å². The van der Waals surface area contributed by atoms with E-state index in [0.29, 0.717) is 38.6 Å². The van der Waals surface area contributed by atoms with Crippen LogP contribution >= 0.6 is 0 Å². The minimum atomic E-state index is -0.0293. The molecule has 0 saturated heterocycles. The summed E-state index contributed by atoms with van der Waals surface area (Å²) in [7, 11) is 3.30. The minimum absolute atomic E-state index is 0.0293. The molecule has 0 bridgehead atoms. The molecule has 0 aliphatic heterocycles. The van der Waals surface area contributed by atoms with E-state index in [1.54, 1.807) is 20.3 Å². The maximum atomic E-state index is 12.3. The molecule has 2 rings (SSSR count).